The van der Waals surface area contributed by atoms with E-state index in [9.17, 15) is 0 Å². The van der Waals surface area contributed by atoms with E-state index in [4.69, 9.17) is 5.26 Å². The topological polar surface area (TPSA) is 23.8 Å². The molecular weight excluding hydrogens is 182 g/mol. The van der Waals surface area contributed by atoms with Crippen molar-refractivity contribution in [2.45, 2.75) is 44.9 Å². The van der Waals surface area contributed by atoms with E-state index < -0.39 is 0 Å². The summed E-state index contributed by atoms with van der Waals surface area (Å²) in [6.07, 6.45) is 2.58. The largest absolute Gasteiger partial charge is 0.192 e. The van der Waals surface area contributed by atoms with E-state index in [1.807, 2.05) is 6.07 Å². The minimum Gasteiger partial charge on any atom is -0.192 e. The van der Waals surface area contributed by atoms with Crippen molar-refractivity contribution in [2.24, 2.45) is 0 Å². The molecule has 78 valence electrons. The van der Waals surface area contributed by atoms with Crippen molar-refractivity contribution in [1.29, 1.82) is 5.26 Å². The van der Waals surface area contributed by atoms with Gasteiger partial charge in [-0.2, -0.15) is 5.26 Å². The fraction of sp³-hybridized carbons (Fsp3) is 0.500. The molecule has 1 aliphatic carbocycles. The molecule has 0 N–H and O–H groups in total. The first-order chi connectivity index (χ1) is 7.02. The molecule has 0 atom stereocenters. The standard InChI is InChI=1S/C14H17N/c1-14(2,3)13-7-4-10(9-15)8-12(13)11-5-6-11/h4,7-8,11H,5-6H2,1-3H3. The molecule has 1 aromatic carbocycles. The van der Waals surface area contributed by atoms with Gasteiger partial charge in [0.05, 0.1) is 11.6 Å². The van der Waals surface area contributed by atoms with E-state index in [0.29, 0.717) is 5.92 Å². The fourth-order valence-electron chi connectivity index (χ4n) is 2.05. The van der Waals surface area contributed by atoms with E-state index in [1.165, 1.54) is 24.0 Å². The Morgan fingerprint density at radius 1 is 1.27 bits per heavy atom. The van der Waals surface area contributed by atoms with Gasteiger partial charge in [0.1, 0.15) is 0 Å². The van der Waals surface area contributed by atoms with Crippen LogP contribution < -0.4 is 0 Å². The van der Waals surface area contributed by atoms with Gasteiger partial charge < -0.3 is 0 Å². The average molecular weight is 199 g/mol. The van der Waals surface area contributed by atoms with Crippen LogP contribution in [0, 0.1) is 11.3 Å². The molecule has 1 aromatic rings. The maximum Gasteiger partial charge on any atom is 0.0991 e. The molecule has 2 rings (SSSR count). The predicted molar refractivity (Wildman–Crippen MR) is 61.8 cm³/mol. The third kappa shape index (κ3) is 2.04. The molecule has 0 aromatic heterocycles. The molecule has 0 unspecified atom stereocenters. The molecule has 1 nitrogen and oxygen atoms in total. The van der Waals surface area contributed by atoms with Crippen LogP contribution in [-0.4, -0.2) is 0 Å². The van der Waals surface area contributed by atoms with Crippen molar-refractivity contribution < 1.29 is 0 Å². The first-order valence-corrected chi connectivity index (χ1v) is 5.57. The quantitative estimate of drug-likeness (QED) is 0.676. The number of hydrogen-bond donors (Lipinski definition) is 0. The van der Waals surface area contributed by atoms with Crippen LogP contribution in [0.5, 0.6) is 0 Å². The van der Waals surface area contributed by atoms with E-state index in [1.54, 1.807) is 0 Å². The first-order valence-electron chi connectivity index (χ1n) is 5.57. The third-order valence-electron chi connectivity index (χ3n) is 3.01. The minimum atomic E-state index is 0.186. The lowest BCUT2D eigenvalue weighted by atomic mass is 9.82. The van der Waals surface area contributed by atoms with Crippen molar-refractivity contribution in [1.82, 2.24) is 0 Å². The Hall–Kier alpha value is -1.29. The van der Waals surface area contributed by atoms with Crippen LogP contribution in [0.3, 0.4) is 0 Å². The van der Waals surface area contributed by atoms with E-state index in [-0.39, 0.29) is 5.41 Å². The zero-order chi connectivity index (χ0) is 11.1. The van der Waals surface area contributed by atoms with Crippen LogP contribution in [0.15, 0.2) is 18.2 Å². The van der Waals surface area contributed by atoms with E-state index in [0.717, 1.165) is 5.56 Å². The summed E-state index contributed by atoms with van der Waals surface area (Å²) >= 11 is 0. The molecule has 1 aliphatic rings. The highest BCUT2D eigenvalue weighted by Crippen LogP contribution is 2.44. The summed E-state index contributed by atoms with van der Waals surface area (Å²) in [6, 6.07) is 8.38. The molecular formula is C14H17N. The Morgan fingerprint density at radius 2 is 1.93 bits per heavy atom. The lowest BCUT2D eigenvalue weighted by Gasteiger charge is -2.23. The van der Waals surface area contributed by atoms with Crippen molar-refractivity contribution in [3.63, 3.8) is 0 Å². The zero-order valence-electron chi connectivity index (χ0n) is 9.67. The summed E-state index contributed by atoms with van der Waals surface area (Å²) in [5.41, 5.74) is 3.79. The first kappa shape index (κ1) is 10.2. The van der Waals surface area contributed by atoms with Crippen molar-refractivity contribution in [3.8, 4) is 6.07 Å². The van der Waals surface area contributed by atoms with Crippen LogP contribution >= 0.6 is 0 Å². The Labute approximate surface area is 91.7 Å². The van der Waals surface area contributed by atoms with Gasteiger partial charge in [-0.15, -0.1) is 0 Å². The van der Waals surface area contributed by atoms with Gasteiger partial charge in [0.25, 0.3) is 0 Å². The lowest BCUT2D eigenvalue weighted by Crippen LogP contribution is -2.14. The van der Waals surface area contributed by atoms with Gasteiger partial charge in [0, 0.05) is 0 Å². The second kappa shape index (κ2) is 3.38. The highest BCUT2D eigenvalue weighted by atomic mass is 14.3. The molecule has 0 saturated heterocycles. The van der Waals surface area contributed by atoms with Crippen LogP contribution in [0.1, 0.15) is 56.2 Å². The molecule has 0 radical (unpaired) electrons. The average Bonchev–Trinajstić information content (AvgIpc) is 2.98. The Bertz CT molecular complexity index is 414. The molecule has 15 heavy (non-hydrogen) atoms. The molecule has 0 spiro atoms. The maximum atomic E-state index is 8.91. The summed E-state index contributed by atoms with van der Waals surface area (Å²) < 4.78 is 0. The van der Waals surface area contributed by atoms with Crippen molar-refractivity contribution in [2.75, 3.05) is 0 Å². The Balaban J connectivity index is 2.50. The van der Waals surface area contributed by atoms with Gasteiger partial charge in [-0.1, -0.05) is 26.8 Å². The zero-order valence-corrected chi connectivity index (χ0v) is 9.67. The molecule has 0 heterocycles. The lowest BCUT2D eigenvalue weighted by molar-refractivity contribution is 0.582. The maximum absolute atomic E-state index is 8.91. The monoisotopic (exact) mass is 199 g/mol. The Kier molecular flexibility index (Phi) is 2.31. The summed E-state index contributed by atoms with van der Waals surface area (Å²) in [7, 11) is 0. The minimum absolute atomic E-state index is 0.186. The number of nitriles is 1. The second-order valence-electron chi connectivity index (χ2n) is 5.44. The van der Waals surface area contributed by atoms with Crippen LogP contribution in [-0.2, 0) is 5.41 Å². The number of benzene rings is 1. The van der Waals surface area contributed by atoms with Gasteiger partial charge in [0.15, 0.2) is 0 Å². The van der Waals surface area contributed by atoms with Crippen LogP contribution in [0.4, 0.5) is 0 Å². The molecule has 1 saturated carbocycles. The van der Waals surface area contributed by atoms with Crippen LogP contribution in [0.2, 0.25) is 0 Å². The van der Waals surface area contributed by atoms with Gasteiger partial charge in [0.2, 0.25) is 0 Å². The Morgan fingerprint density at radius 3 is 2.40 bits per heavy atom. The van der Waals surface area contributed by atoms with E-state index in [2.05, 4.69) is 39.0 Å². The number of hydrogen-bond acceptors (Lipinski definition) is 1. The third-order valence-corrected chi connectivity index (χ3v) is 3.01. The normalized spacial score (nSPS) is 16.1. The smallest absolute Gasteiger partial charge is 0.0991 e. The van der Waals surface area contributed by atoms with Gasteiger partial charge in [-0.05, 0) is 47.4 Å². The van der Waals surface area contributed by atoms with Gasteiger partial charge in [-0.25, -0.2) is 0 Å². The highest BCUT2D eigenvalue weighted by molar-refractivity contribution is 5.44. The van der Waals surface area contributed by atoms with E-state index >= 15 is 0 Å². The number of nitrogens with zero attached hydrogens (tertiary/aromatic N) is 1. The molecule has 0 aliphatic heterocycles. The van der Waals surface area contributed by atoms with Crippen LogP contribution in [0.25, 0.3) is 0 Å². The SMILES string of the molecule is CC(C)(C)c1ccc(C#N)cc1C1CC1. The molecule has 0 amide bonds. The fourth-order valence-corrected chi connectivity index (χ4v) is 2.05. The van der Waals surface area contributed by atoms with Gasteiger partial charge >= 0.3 is 0 Å². The number of rotatable bonds is 1. The summed E-state index contributed by atoms with van der Waals surface area (Å²) in [4.78, 5) is 0. The summed E-state index contributed by atoms with van der Waals surface area (Å²) in [5, 5.41) is 8.91. The summed E-state index contributed by atoms with van der Waals surface area (Å²) in [6.45, 7) is 6.71. The van der Waals surface area contributed by atoms with Crippen molar-refractivity contribution >= 4 is 0 Å². The molecule has 1 fully saturated rings. The summed E-state index contributed by atoms with van der Waals surface area (Å²) in [5.74, 6) is 0.715. The van der Waals surface area contributed by atoms with Crippen molar-refractivity contribution in [3.05, 3.63) is 34.9 Å². The van der Waals surface area contributed by atoms with Gasteiger partial charge in [-0.3, -0.25) is 0 Å². The predicted octanol–water partition coefficient (Wildman–Crippen LogP) is 3.73. The highest BCUT2D eigenvalue weighted by Gasteiger charge is 2.29. The molecule has 1 heteroatoms. The molecule has 0 bridgehead atoms. The second-order valence-corrected chi connectivity index (χ2v) is 5.44.